The van der Waals surface area contributed by atoms with Crippen LogP contribution in [0.15, 0.2) is 59.0 Å². The summed E-state index contributed by atoms with van der Waals surface area (Å²) in [4.78, 5) is 0. The largest absolute Gasteiger partial charge is 0.493 e. The molecular weight excluding hydrogens is 268 g/mol. The highest BCUT2D eigenvalue weighted by atomic mass is 16.5. The fraction of sp³-hybridized carbons (Fsp3) is 0.176. The molecule has 108 valence electrons. The van der Waals surface area contributed by atoms with E-state index < -0.39 is 6.10 Å². The number of hydrogen-bond donors (Lipinski definition) is 1. The average Bonchev–Trinajstić information content (AvgIpc) is 2.97. The van der Waals surface area contributed by atoms with Crippen molar-refractivity contribution in [1.29, 1.82) is 0 Å². The summed E-state index contributed by atoms with van der Waals surface area (Å²) in [5, 5.41) is 11.1. The summed E-state index contributed by atoms with van der Waals surface area (Å²) < 4.78 is 16.4. The minimum absolute atomic E-state index is 0.0974. The number of para-hydroxylation sites is 3. The number of fused-ring (bicyclic) bond motifs is 1. The van der Waals surface area contributed by atoms with Crippen molar-refractivity contribution in [2.24, 2.45) is 0 Å². The van der Waals surface area contributed by atoms with E-state index in [0.717, 1.165) is 11.0 Å². The normalized spacial score (nSPS) is 12.3. The zero-order valence-electron chi connectivity index (χ0n) is 11.7. The summed E-state index contributed by atoms with van der Waals surface area (Å²) in [6.45, 7) is 0.0974. The summed E-state index contributed by atoms with van der Waals surface area (Å²) >= 11 is 0. The Morgan fingerprint density at radius 3 is 2.52 bits per heavy atom. The van der Waals surface area contributed by atoms with Gasteiger partial charge in [0.1, 0.15) is 24.1 Å². The Morgan fingerprint density at radius 1 is 1.05 bits per heavy atom. The molecule has 0 radical (unpaired) electrons. The number of aliphatic hydroxyl groups is 1. The standard InChI is InChI=1S/C17H16O4/c1-19-15-8-4-5-9-16(15)20-11-13(18)17-10-12-6-2-3-7-14(12)21-17/h2-10,13,18H,11H2,1H3. The highest BCUT2D eigenvalue weighted by molar-refractivity contribution is 5.77. The average molecular weight is 284 g/mol. The lowest BCUT2D eigenvalue weighted by Gasteiger charge is -2.12. The van der Waals surface area contributed by atoms with Gasteiger partial charge in [-0.3, -0.25) is 0 Å². The molecule has 4 heteroatoms. The summed E-state index contributed by atoms with van der Waals surface area (Å²) in [6.07, 6.45) is -0.831. The van der Waals surface area contributed by atoms with Gasteiger partial charge >= 0.3 is 0 Å². The van der Waals surface area contributed by atoms with Crippen molar-refractivity contribution in [2.45, 2.75) is 6.10 Å². The molecule has 1 unspecified atom stereocenters. The van der Waals surface area contributed by atoms with Gasteiger partial charge in [0, 0.05) is 5.39 Å². The number of furan rings is 1. The maximum absolute atomic E-state index is 10.2. The van der Waals surface area contributed by atoms with Crippen LogP contribution in [0, 0.1) is 0 Å². The van der Waals surface area contributed by atoms with E-state index in [9.17, 15) is 5.11 Å². The van der Waals surface area contributed by atoms with Crippen LogP contribution in [0.2, 0.25) is 0 Å². The number of methoxy groups -OCH3 is 1. The van der Waals surface area contributed by atoms with Gasteiger partial charge in [0.15, 0.2) is 11.5 Å². The Labute approximate surface area is 122 Å². The highest BCUT2D eigenvalue weighted by Crippen LogP contribution is 2.28. The molecule has 0 fully saturated rings. The monoisotopic (exact) mass is 284 g/mol. The molecule has 0 amide bonds. The second-order valence-corrected chi connectivity index (χ2v) is 4.66. The van der Waals surface area contributed by atoms with Crippen LogP contribution < -0.4 is 9.47 Å². The molecule has 1 N–H and O–H groups in total. The second-order valence-electron chi connectivity index (χ2n) is 4.66. The second kappa shape index (κ2) is 5.89. The Morgan fingerprint density at radius 2 is 1.76 bits per heavy atom. The fourth-order valence-electron chi connectivity index (χ4n) is 2.16. The van der Waals surface area contributed by atoms with Crippen molar-refractivity contribution in [3.63, 3.8) is 0 Å². The molecule has 0 spiro atoms. The van der Waals surface area contributed by atoms with Crippen LogP contribution in [-0.2, 0) is 0 Å². The third-order valence-corrected chi connectivity index (χ3v) is 3.24. The lowest BCUT2D eigenvalue weighted by molar-refractivity contribution is 0.0888. The molecule has 0 saturated carbocycles. The number of aliphatic hydroxyl groups excluding tert-OH is 1. The maximum atomic E-state index is 10.2. The summed E-state index contributed by atoms with van der Waals surface area (Å²) in [6, 6.07) is 16.8. The van der Waals surface area contributed by atoms with E-state index in [1.165, 1.54) is 0 Å². The summed E-state index contributed by atoms with van der Waals surface area (Å²) in [7, 11) is 1.58. The fourth-order valence-corrected chi connectivity index (χ4v) is 2.16. The molecule has 0 saturated heterocycles. The van der Waals surface area contributed by atoms with Crippen molar-refractivity contribution in [3.8, 4) is 11.5 Å². The van der Waals surface area contributed by atoms with Gasteiger partial charge in [-0.1, -0.05) is 30.3 Å². The zero-order valence-corrected chi connectivity index (χ0v) is 11.7. The number of rotatable bonds is 5. The van der Waals surface area contributed by atoms with Crippen LogP contribution in [0.3, 0.4) is 0 Å². The smallest absolute Gasteiger partial charge is 0.161 e. The SMILES string of the molecule is COc1ccccc1OCC(O)c1cc2ccccc2o1. The van der Waals surface area contributed by atoms with Crippen LogP contribution in [-0.4, -0.2) is 18.8 Å². The Balaban J connectivity index is 1.72. The quantitative estimate of drug-likeness (QED) is 0.778. The number of hydrogen-bond acceptors (Lipinski definition) is 4. The van der Waals surface area contributed by atoms with E-state index in [1.54, 1.807) is 13.2 Å². The van der Waals surface area contributed by atoms with Crippen LogP contribution in [0.5, 0.6) is 11.5 Å². The minimum Gasteiger partial charge on any atom is -0.493 e. The van der Waals surface area contributed by atoms with E-state index >= 15 is 0 Å². The minimum atomic E-state index is -0.831. The summed E-state index contributed by atoms with van der Waals surface area (Å²) in [5.74, 6) is 1.72. The first-order chi connectivity index (χ1) is 10.3. The Kier molecular flexibility index (Phi) is 3.79. The van der Waals surface area contributed by atoms with Gasteiger partial charge in [-0.15, -0.1) is 0 Å². The molecule has 1 heterocycles. The molecule has 3 rings (SSSR count). The van der Waals surface area contributed by atoms with Gasteiger partial charge in [0.05, 0.1) is 7.11 Å². The van der Waals surface area contributed by atoms with Gasteiger partial charge < -0.3 is 19.0 Å². The number of ether oxygens (including phenoxy) is 2. The molecule has 1 aromatic heterocycles. The maximum Gasteiger partial charge on any atom is 0.161 e. The first-order valence-corrected chi connectivity index (χ1v) is 6.70. The van der Waals surface area contributed by atoms with E-state index in [1.807, 2.05) is 48.5 Å². The van der Waals surface area contributed by atoms with E-state index in [2.05, 4.69) is 0 Å². The van der Waals surface area contributed by atoms with Gasteiger partial charge in [-0.2, -0.15) is 0 Å². The predicted octanol–water partition coefficient (Wildman–Crippen LogP) is 3.55. The van der Waals surface area contributed by atoms with Crippen molar-refractivity contribution >= 4 is 11.0 Å². The van der Waals surface area contributed by atoms with Crippen LogP contribution in [0.1, 0.15) is 11.9 Å². The van der Waals surface area contributed by atoms with Crippen LogP contribution >= 0.6 is 0 Å². The lowest BCUT2D eigenvalue weighted by atomic mass is 10.2. The molecule has 0 aliphatic rings. The molecule has 0 bridgehead atoms. The lowest BCUT2D eigenvalue weighted by Crippen LogP contribution is -2.09. The van der Waals surface area contributed by atoms with Gasteiger partial charge in [0.2, 0.25) is 0 Å². The number of benzene rings is 2. The molecule has 21 heavy (non-hydrogen) atoms. The Bertz CT molecular complexity index is 699. The molecular formula is C17H16O4. The molecule has 3 aromatic rings. The molecule has 0 aliphatic heterocycles. The topological polar surface area (TPSA) is 51.8 Å². The first kappa shape index (κ1) is 13.5. The third-order valence-electron chi connectivity index (χ3n) is 3.24. The van der Waals surface area contributed by atoms with Crippen molar-refractivity contribution in [2.75, 3.05) is 13.7 Å². The van der Waals surface area contributed by atoms with Crippen molar-refractivity contribution in [3.05, 3.63) is 60.4 Å². The van der Waals surface area contributed by atoms with Crippen molar-refractivity contribution in [1.82, 2.24) is 0 Å². The highest BCUT2D eigenvalue weighted by Gasteiger charge is 2.15. The van der Waals surface area contributed by atoms with Crippen LogP contribution in [0.25, 0.3) is 11.0 Å². The molecule has 1 atom stereocenters. The van der Waals surface area contributed by atoms with Gasteiger partial charge in [-0.05, 0) is 24.3 Å². The summed E-state index contributed by atoms with van der Waals surface area (Å²) in [5.41, 5.74) is 0.754. The third kappa shape index (κ3) is 2.85. The van der Waals surface area contributed by atoms with Crippen LogP contribution in [0.4, 0.5) is 0 Å². The predicted molar refractivity (Wildman–Crippen MR) is 79.7 cm³/mol. The van der Waals surface area contributed by atoms with Gasteiger partial charge in [-0.25, -0.2) is 0 Å². The molecule has 4 nitrogen and oxygen atoms in total. The first-order valence-electron chi connectivity index (χ1n) is 6.70. The van der Waals surface area contributed by atoms with E-state index in [-0.39, 0.29) is 6.61 Å². The van der Waals surface area contributed by atoms with E-state index in [4.69, 9.17) is 13.9 Å². The Hall–Kier alpha value is -2.46. The van der Waals surface area contributed by atoms with Gasteiger partial charge in [0.25, 0.3) is 0 Å². The van der Waals surface area contributed by atoms with E-state index in [0.29, 0.717) is 17.3 Å². The van der Waals surface area contributed by atoms with Crippen molar-refractivity contribution < 1.29 is 19.0 Å². The zero-order chi connectivity index (χ0) is 14.7. The molecule has 0 aliphatic carbocycles. The molecule has 2 aromatic carbocycles.